The quantitative estimate of drug-likeness (QED) is 0.482. The summed E-state index contributed by atoms with van der Waals surface area (Å²) in [5.74, 6) is 0.770. The van der Waals surface area contributed by atoms with E-state index in [-0.39, 0.29) is 45.8 Å². The highest BCUT2D eigenvalue weighted by atomic mass is 35.5. The molecule has 1 aliphatic heterocycles. The van der Waals surface area contributed by atoms with Crippen LogP contribution < -0.4 is 10.6 Å². The smallest absolute Gasteiger partial charge is 0.306 e. The van der Waals surface area contributed by atoms with Crippen molar-refractivity contribution in [1.29, 1.82) is 0 Å². The van der Waals surface area contributed by atoms with Crippen LogP contribution in [0.5, 0.6) is 0 Å². The van der Waals surface area contributed by atoms with Gasteiger partial charge in [-0.3, -0.25) is 14.9 Å². The number of carbonyl (C=O) groups is 2. The van der Waals surface area contributed by atoms with Gasteiger partial charge in [0.2, 0.25) is 5.91 Å². The Morgan fingerprint density at radius 2 is 1.52 bits per heavy atom. The lowest BCUT2D eigenvalue weighted by Crippen LogP contribution is -2.51. The Bertz CT molecular complexity index is 654. The first-order valence-electron chi connectivity index (χ1n) is 12.1. The minimum absolute atomic E-state index is 0.0624. The van der Waals surface area contributed by atoms with Crippen molar-refractivity contribution in [2.24, 2.45) is 29.6 Å². The molecule has 0 radical (unpaired) electrons. The summed E-state index contributed by atoms with van der Waals surface area (Å²) >= 11 is 14.6. The van der Waals surface area contributed by atoms with E-state index in [4.69, 9.17) is 23.2 Å². The first-order valence-corrected chi connectivity index (χ1v) is 14.0. The molecule has 4 rings (SSSR count). The predicted octanol–water partition coefficient (Wildman–Crippen LogP) is 4.80. The minimum Gasteiger partial charge on any atom is -0.481 e. The molecule has 3 aliphatic carbocycles. The lowest BCUT2D eigenvalue weighted by molar-refractivity contribution is -0.148. The lowest BCUT2D eigenvalue weighted by atomic mass is 9.64. The molecule has 0 aromatic carbocycles. The number of amides is 1. The van der Waals surface area contributed by atoms with Gasteiger partial charge >= 0.3 is 5.97 Å². The van der Waals surface area contributed by atoms with E-state index in [1.54, 1.807) is 11.8 Å². The third-order valence-electron chi connectivity index (χ3n) is 8.20. The highest BCUT2D eigenvalue weighted by molar-refractivity contribution is 8.00. The first-order chi connectivity index (χ1) is 14.9. The number of carbonyl (C=O) groups excluding carboxylic acids is 1. The van der Waals surface area contributed by atoms with E-state index >= 15 is 0 Å². The third-order valence-corrected chi connectivity index (χ3v) is 10.2. The Labute approximate surface area is 200 Å². The van der Waals surface area contributed by atoms with Crippen molar-refractivity contribution in [2.45, 2.75) is 92.9 Å². The number of carboxylic acids is 1. The summed E-state index contributed by atoms with van der Waals surface area (Å²) in [5, 5.41) is 16.9. The van der Waals surface area contributed by atoms with Crippen molar-refractivity contribution >= 4 is 46.8 Å². The van der Waals surface area contributed by atoms with Crippen LogP contribution in [0.15, 0.2) is 0 Å². The van der Waals surface area contributed by atoms with Crippen LogP contribution in [0, 0.1) is 29.6 Å². The van der Waals surface area contributed by atoms with E-state index in [9.17, 15) is 14.7 Å². The molecule has 31 heavy (non-hydrogen) atoms. The van der Waals surface area contributed by atoms with E-state index in [0.29, 0.717) is 12.0 Å². The topological polar surface area (TPSA) is 78.4 Å². The predicted molar refractivity (Wildman–Crippen MR) is 126 cm³/mol. The maximum absolute atomic E-state index is 13.3. The van der Waals surface area contributed by atoms with E-state index < -0.39 is 5.97 Å². The van der Waals surface area contributed by atoms with Crippen molar-refractivity contribution in [3.63, 3.8) is 0 Å². The lowest BCUT2D eigenvalue weighted by Gasteiger charge is -2.41. The van der Waals surface area contributed by atoms with E-state index in [1.807, 2.05) is 0 Å². The molecule has 4 aliphatic rings. The van der Waals surface area contributed by atoms with Crippen LogP contribution in [0.1, 0.15) is 70.6 Å². The summed E-state index contributed by atoms with van der Waals surface area (Å²) in [6.07, 6.45) is 10.7. The van der Waals surface area contributed by atoms with Gasteiger partial charge in [-0.2, -0.15) is 0 Å². The standard InChI is InChI=1S/C23H36Cl2N2O3S/c24-13-9-10-18(19(25)11-13)20-12-31-23(26-20)27-21(28)16-7-3-1-5-14(16)15-6-2-4-8-17(15)22(29)30/h13-20,23,26H,1-12H2,(H,27,28)(H,29,30). The Balaban J connectivity index is 1.35. The van der Waals surface area contributed by atoms with Gasteiger partial charge in [0.05, 0.1) is 5.92 Å². The molecule has 3 N–H and O–H groups in total. The molecule has 1 saturated heterocycles. The average Bonchev–Trinajstić information content (AvgIpc) is 3.21. The second-order valence-electron chi connectivity index (χ2n) is 10.0. The van der Waals surface area contributed by atoms with Crippen LogP contribution >= 0.6 is 35.0 Å². The van der Waals surface area contributed by atoms with Gasteiger partial charge in [-0.1, -0.05) is 25.7 Å². The molecule has 0 spiro atoms. The molecular weight excluding hydrogens is 455 g/mol. The zero-order chi connectivity index (χ0) is 22.0. The molecule has 0 bridgehead atoms. The van der Waals surface area contributed by atoms with Gasteiger partial charge < -0.3 is 10.4 Å². The van der Waals surface area contributed by atoms with Crippen molar-refractivity contribution in [1.82, 2.24) is 10.6 Å². The summed E-state index contributed by atoms with van der Waals surface area (Å²) < 4.78 is 0. The van der Waals surface area contributed by atoms with Gasteiger partial charge in [0.1, 0.15) is 5.50 Å². The van der Waals surface area contributed by atoms with E-state index in [0.717, 1.165) is 76.4 Å². The molecule has 8 heteroatoms. The second kappa shape index (κ2) is 10.8. The van der Waals surface area contributed by atoms with Crippen LogP contribution in [0.25, 0.3) is 0 Å². The first kappa shape index (κ1) is 24.0. The van der Waals surface area contributed by atoms with Crippen molar-refractivity contribution in [3.05, 3.63) is 0 Å². The second-order valence-corrected chi connectivity index (χ2v) is 12.3. The molecule has 0 aromatic heterocycles. The Morgan fingerprint density at radius 1 is 0.871 bits per heavy atom. The van der Waals surface area contributed by atoms with Crippen LogP contribution in [0.3, 0.4) is 0 Å². The number of hydrogen-bond acceptors (Lipinski definition) is 4. The normalized spacial score (nSPS) is 44.0. The number of aliphatic carboxylic acids is 1. The molecule has 176 valence electrons. The number of thioether (sulfide) groups is 1. The molecule has 9 atom stereocenters. The summed E-state index contributed by atoms with van der Waals surface area (Å²) in [4.78, 5) is 25.2. The van der Waals surface area contributed by atoms with Crippen molar-refractivity contribution < 1.29 is 14.7 Å². The molecule has 1 heterocycles. The molecule has 4 fully saturated rings. The number of alkyl halides is 2. The molecule has 0 aromatic rings. The summed E-state index contributed by atoms with van der Waals surface area (Å²) in [6, 6.07) is 0.304. The highest BCUT2D eigenvalue weighted by Crippen LogP contribution is 2.45. The number of halogens is 2. The molecule has 1 amide bonds. The fraction of sp³-hybridized carbons (Fsp3) is 0.913. The van der Waals surface area contributed by atoms with Crippen LogP contribution in [-0.2, 0) is 9.59 Å². The van der Waals surface area contributed by atoms with Crippen LogP contribution in [0.2, 0.25) is 0 Å². The van der Waals surface area contributed by atoms with Gasteiger partial charge in [-0.05, 0) is 62.7 Å². The minimum atomic E-state index is -0.674. The maximum atomic E-state index is 13.3. The Kier molecular flexibility index (Phi) is 8.38. The fourth-order valence-corrected chi connectivity index (χ4v) is 8.72. The maximum Gasteiger partial charge on any atom is 0.306 e. The van der Waals surface area contributed by atoms with Gasteiger partial charge in [0.25, 0.3) is 0 Å². The van der Waals surface area contributed by atoms with Gasteiger partial charge in [0.15, 0.2) is 0 Å². The molecular formula is C23H36Cl2N2O3S. The van der Waals surface area contributed by atoms with Crippen LogP contribution in [0.4, 0.5) is 0 Å². The Hall–Kier alpha value is -0.170. The number of rotatable bonds is 5. The van der Waals surface area contributed by atoms with E-state index in [1.165, 1.54) is 0 Å². The number of carboxylic acid groups (broad SMARTS) is 1. The third kappa shape index (κ3) is 5.67. The number of nitrogens with one attached hydrogen (secondary N) is 2. The zero-order valence-electron chi connectivity index (χ0n) is 18.1. The fourth-order valence-electron chi connectivity index (χ4n) is 6.58. The largest absolute Gasteiger partial charge is 0.481 e. The van der Waals surface area contributed by atoms with Gasteiger partial charge in [-0.25, -0.2) is 0 Å². The highest BCUT2D eigenvalue weighted by Gasteiger charge is 2.44. The molecule has 5 nitrogen and oxygen atoms in total. The van der Waals surface area contributed by atoms with Gasteiger partial charge in [-0.15, -0.1) is 35.0 Å². The zero-order valence-corrected chi connectivity index (χ0v) is 20.4. The van der Waals surface area contributed by atoms with Gasteiger partial charge in [0, 0.05) is 28.5 Å². The van der Waals surface area contributed by atoms with Crippen molar-refractivity contribution in [3.8, 4) is 0 Å². The molecule has 9 unspecified atom stereocenters. The van der Waals surface area contributed by atoms with Crippen LogP contribution in [-0.4, -0.2) is 45.0 Å². The summed E-state index contributed by atoms with van der Waals surface area (Å²) in [5.41, 5.74) is -0.0840. The average molecular weight is 492 g/mol. The van der Waals surface area contributed by atoms with E-state index in [2.05, 4.69) is 10.6 Å². The monoisotopic (exact) mass is 490 g/mol. The SMILES string of the molecule is O=C(O)C1CCCCC1C1CCCCC1C(=O)NC1NC(C2CCC(Cl)CC2Cl)CS1. The Morgan fingerprint density at radius 3 is 2.19 bits per heavy atom. The summed E-state index contributed by atoms with van der Waals surface area (Å²) in [6.45, 7) is 0. The van der Waals surface area contributed by atoms with Crippen molar-refractivity contribution in [2.75, 3.05) is 5.75 Å². The number of hydrogen-bond donors (Lipinski definition) is 3. The molecule has 3 saturated carbocycles. The summed E-state index contributed by atoms with van der Waals surface area (Å²) in [7, 11) is 0.